The molecular formula is C17H25N3O. The van der Waals surface area contributed by atoms with Crippen LogP contribution in [0.25, 0.3) is 0 Å². The van der Waals surface area contributed by atoms with E-state index in [4.69, 9.17) is 4.74 Å². The third-order valence-corrected chi connectivity index (χ3v) is 3.13. The molecule has 21 heavy (non-hydrogen) atoms. The SMILES string of the molecule is CCOc1ccc(CNCc2cnn(CC(C)C)c2)cc1. The molecule has 0 radical (unpaired) electrons. The first kappa shape index (κ1) is 15.6. The van der Waals surface area contributed by atoms with Crippen LogP contribution in [0.5, 0.6) is 5.75 Å². The third-order valence-electron chi connectivity index (χ3n) is 3.13. The first-order chi connectivity index (χ1) is 10.2. The Balaban J connectivity index is 1.77. The Morgan fingerprint density at radius 3 is 2.52 bits per heavy atom. The molecule has 0 saturated carbocycles. The quantitative estimate of drug-likeness (QED) is 0.810. The fraction of sp³-hybridized carbons (Fsp3) is 0.471. The van der Waals surface area contributed by atoms with Gasteiger partial charge in [0, 0.05) is 31.4 Å². The Morgan fingerprint density at radius 2 is 1.86 bits per heavy atom. The summed E-state index contributed by atoms with van der Waals surface area (Å²) >= 11 is 0. The minimum absolute atomic E-state index is 0.620. The number of nitrogens with zero attached hydrogens (tertiary/aromatic N) is 2. The van der Waals surface area contributed by atoms with Crippen molar-refractivity contribution in [2.45, 2.75) is 40.4 Å². The zero-order chi connectivity index (χ0) is 15.1. The Hall–Kier alpha value is -1.81. The predicted molar refractivity (Wildman–Crippen MR) is 85.2 cm³/mol. The van der Waals surface area contributed by atoms with E-state index < -0.39 is 0 Å². The molecule has 0 amide bonds. The van der Waals surface area contributed by atoms with Gasteiger partial charge < -0.3 is 10.1 Å². The van der Waals surface area contributed by atoms with Crippen molar-refractivity contribution >= 4 is 0 Å². The summed E-state index contributed by atoms with van der Waals surface area (Å²) in [4.78, 5) is 0. The first-order valence-electron chi connectivity index (χ1n) is 7.61. The minimum Gasteiger partial charge on any atom is -0.494 e. The van der Waals surface area contributed by atoms with Crippen LogP contribution in [0, 0.1) is 5.92 Å². The molecule has 1 aromatic heterocycles. The summed E-state index contributed by atoms with van der Waals surface area (Å²) in [6.07, 6.45) is 4.05. The number of ether oxygens (including phenoxy) is 1. The highest BCUT2D eigenvalue weighted by Gasteiger charge is 2.01. The van der Waals surface area contributed by atoms with Gasteiger partial charge in [0.25, 0.3) is 0 Å². The normalized spacial score (nSPS) is 11.0. The van der Waals surface area contributed by atoms with Crippen LogP contribution in [0.1, 0.15) is 31.9 Å². The molecule has 1 N–H and O–H groups in total. The van der Waals surface area contributed by atoms with Crippen LogP contribution in [0.15, 0.2) is 36.7 Å². The zero-order valence-electron chi connectivity index (χ0n) is 13.2. The summed E-state index contributed by atoms with van der Waals surface area (Å²) in [5, 5.41) is 7.82. The van der Waals surface area contributed by atoms with Gasteiger partial charge >= 0.3 is 0 Å². The number of rotatable bonds is 8. The Bertz CT molecular complexity index is 531. The van der Waals surface area contributed by atoms with Crippen molar-refractivity contribution in [1.29, 1.82) is 0 Å². The molecule has 0 unspecified atom stereocenters. The average molecular weight is 287 g/mol. The summed E-state index contributed by atoms with van der Waals surface area (Å²) in [5.41, 5.74) is 2.48. The molecule has 114 valence electrons. The second-order valence-corrected chi connectivity index (χ2v) is 5.64. The van der Waals surface area contributed by atoms with Crippen LogP contribution >= 0.6 is 0 Å². The average Bonchev–Trinajstić information content (AvgIpc) is 2.88. The van der Waals surface area contributed by atoms with Crippen molar-refractivity contribution in [2.24, 2.45) is 5.92 Å². The van der Waals surface area contributed by atoms with Crippen LogP contribution in [0.4, 0.5) is 0 Å². The molecule has 2 rings (SSSR count). The van der Waals surface area contributed by atoms with Gasteiger partial charge in [-0.05, 0) is 30.5 Å². The highest BCUT2D eigenvalue weighted by atomic mass is 16.5. The Kier molecular flexibility index (Phi) is 5.81. The van der Waals surface area contributed by atoms with Crippen LogP contribution < -0.4 is 10.1 Å². The van der Waals surface area contributed by atoms with Crippen molar-refractivity contribution in [3.05, 3.63) is 47.8 Å². The number of hydrogen-bond donors (Lipinski definition) is 1. The fourth-order valence-electron chi connectivity index (χ4n) is 2.19. The number of benzene rings is 1. The van der Waals surface area contributed by atoms with Crippen LogP contribution in [-0.2, 0) is 19.6 Å². The monoisotopic (exact) mass is 287 g/mol. The molecule has 0 aliphatic rings. The lowest BCUT2D eigenvalue weighted by Gasteiger charge is -2.06. The van der Waals surface area contributed by atoms with Gasteiger partial charge in [-0.2, -0.15) is 5.10 Å². The lowest BCUT2D eigenvalue weighted by molar-refractivity contribution is 0.340. The van der Waals surface area contributed by atoms with Crippen LogP contribution in [0.2, 0.25) is 0 Å². The molecule has 0 saturated heterocycles. The third kappa shape index (κ3) is 5.23. The van der Waals surface area contributed by atoms with Gasteiger partial charge in [0.05, 0.1) is 12.8 Å². The highest BCUT2D eigenvalue weighted by molar-refractivity contribution is 5.27. The second-order valence-electron chi connectivity index (χ2n) is 5.64. The smallest absolute Gasteiger partial charge is 0.119 e. The van der Waals surface area contributed by atoms with E-state index >= 15 is 0 Å². The molecule has 2 aromatic rings. The summed E-state index contributed by atoms with van der Waals surface area (Å²) in [7, 11) is 0. The first-order valence-corrected chi connectivity index (χ1v) is 7.61. The minimum atomic E-state index is 0.620. The second kappa shape index (κ2) is 7.84. The van der Waals surface area contributed by atoms with Gasteiger partial charge in [0.1, 0.15) is 5.75 Å². The van der Waals surface area contributed by atoms with E-state index in [1.165, 1.54) is 11.1 Å². The lowest BCUT2D eigenvalue weighted by Crippen LogP contribution is -2.12. The van der Waals surface area contributed by atoms with Crippen molar-refractivity contribution in [3.8, 4) is 5.75 Å². The zero-order valence-corrected chi connectivity index (χ0v) is 13.2. The summed E-state index contributed by atoms with van der Waals surface area (Å²) in [6, 6.07) is 8.22. The van der Waals surface area contributed by atoms with Crippen molar-refractivity contribution in [2.75, 3.05) is 6.61 Å². The maximum atomic E-state index is 5.44. The molecule has 4 nitrogen and oxygen atoms in total. The van der Waals surface area contributed by atoms with E-state index in [1.807, 2.05) is 29.9 Å². The molecule has 4 heteroatoms. The van der Waals surface area contributed by atoms with E-state index in [1.54, 1.807) is 0 Å². The summed E-state index contributed by atoms with van der Waals surface area (Å²) in [5.74, 6) is 1.55. The van der Waals surface area contributed by atoms with Crippen LogP contribution in [0.3, 0.4) is 0 Å². The summed E-state index contributed by atoms with van der Waals surface area (Å²) < 4.78 is 7.45. The molecular weight excluding hydrogens is 262 g/mol. The molecule has 0 atom stereocenters. The molecule has 1 heterocycles. The van der Waals surface area contributed by atoms with Gasteiger partial charge in [0.15, 0.2) is 0 Å². The largest absolute Gasteiger partial charge is 0.494 e. The predicted octanol–water partition coefficient (Wildman–Crippen LogP) is 3.23. The van der Waals surface area contributed by atoms with Crippen molar-refractivity contribution in [3.63, 3.8) is 0 Å². The van der Waals surface area contributed by atoms with Gasteiger partial charge in [-0.15, -0.1) is 0 Å². The Morgan fingerprint density at radius 1 is 1.14 bits per heavy atom. The molecule has 1 aromatic carbocycles. The summed E-state index contributed by atoms with van der Waals surface area (Å²) in [6.45, 7) is 9.76. The van der Waals surface area contributed by atoms with Gasteiger partial charge in [0.2, 0.25) is 0 Å². The maximum Gasteiger partial charge on any atom is 0.119 e. The van der Waals surface area contributed by atoms with Crippen molar-refractivity contribution in [1.82, 2.24) is 15.1 Å². The van der Waals surface area contributed by atoms with E-state index in [-0.39, 0.29) is 0 Å². The van der Waals surface area contributed by atoms with E-state index in [0.717, 1.165) is 25.4 Å². The topological polar surface area (TPSA) is 39.1 Å². The van der Waals surface area contributed by atoms with E-state index in [9.17, 15) is 0 Å². The highest BCUT2D eigenvalue weighted by Crippen LogP contribution is 2.12. The number of hydrogen-bond acceptors (Lipinski definition) is 3. The van der Waals surface area contributed by atoms with Crippen molar-refractivity contribution < 1.29 is 4.74 Å². The molecule has 0 aliphatic carbocycles. The molecule has 0 spiro atoms. The standard InChI is InChI=1S/C17H25N3O/c1-4-21-17-7-5-15(6-8-17)9-18-10-16-11-19-20(13-16)12-14(2)3/h5-8,11,13-14,18H,4,9-10,12H2,1-3H3. The maximum absolute atomic E-state index is 5.44. The van der Waals surface area contributed by atoms with Gasteiger partial charge in [-0.1, -0.05) is 26.0 Å². The lowest BCUT2D eigenvalue weighted by atomic mass is 10.2. The molecule has 0 aliphatic heterocycles. The van der Waals surface area contributed by atoms with E-state index in [0.29, 0.717) is 12.5 Å². The Labute approximate surface area is 127 Å². The van der Waals surface area contributed by atoms with Gasteiger partial charge in [-0.3, -0.25) is 4.68 Å². The fourth-order valence-corrected chi connectivity index (χ4v) is 2.19. The molecule has 0 fully saturated rings. The number of nitrogens with one attached hydrogen (secondary N) is 1. The molecule has 0 bridgehead atoms. The van der Waals surface area contributed by atoms with Crippen LogP contribution in [-0.4, -0.2) is 16.4 Å². The van der Waals surface area contributed by atoms with E-state index in [2.05, 4.69) is 42.6 Å². The number of aromatic nitrogens is 2. The van der Waals surface area contributed by atoms with Gasteiger partial charge in [-0.25, -0.2) is 0 Å².